The highest BCUT2D eigenvalue weighted by Gasteiger charge is 2.63. The Morgan fingerprint density at radius 1 is 0.909 bits per heavy atom. The molecule has 9 heteroatoms. The molecule has 238 valence electrons. The van der Waals surface area contributed by atoms with Gasteiger partial charge in [0.15, 0.2) is 0 Å². The fourth-order valence-corrected chi connectivity index (χ4v) is 7.90. The molecule has 0 saturated heterocycles. The number of ether oxygens (including phenoxy) is 4. The Kier molecular flexibility index (Phi) is 9.59. The first-order valence-electron chi connectivity index (χ1n) is 15.1. The summed E-state index contributed by atoms with van der Waals surface area (Å²) >= 11 is 0. The predicted octanol–water partition coefficient (Wildman–Crippen LogP) is 5.12. The maximum absolute atomic E-state index is 13.0. The van der Waals surface area contributed by atoms with E-state index in [4.69, 9.17) is 18.9 Å². The summed E-state index contributed by atoms with van der Waals surface area (Å²) in [5.41, 5.74) is 0.885. The van der Waals surface area contributed by atoms with Gasteiger partial charge in [-0.25, -0.2) is 4.79 Å². The fraction of sp³-hybridized carbons (Fsp3) is 0.543. The lowest BCUT2D eigenvalue weighted by Crippen LogP contribution is -2.63. The van der Waals surface area contributed by atoms with Gasteiger partial charge in [0.2, 0.25) is 0 Å². The van der Waals surface area contributed by atoms with E-state index in [1.54, 1.807) is 6.08 Å². The number of fused-ring (bicyclic) bond motifs is 3. The van der Waals surface area contributed by atoms with Crippen LogP contribution in [0.4, 0.5) is 0 Å². The Morgan fingerprint density at radius 2 is 1.52 bits per heavy atom. The van der Waals surface area contributed by atoms with Gasteiger partial charge in [0, 0.05) is 44.1 Å². The first-order chi connectivity index (χ1) is 20.6. The smallest absolute Gasteiger partial charge is 0.331 e. The van der Waals surface area contributed by atoms with Crippen molar-refractivity contribution in [2.75, 3.05) is 0 Å². The van der Waals surface area contributed by atoms with Gasteiger partial charge in [-0.3, -0.25) is 14.4 Å². The molecule has 0 aromatic heterocycles. The molecular weight excluding hydrogens is 564 g/mol. The molecule has 0 heterocycles. The second-order valence-corrected chi connectivity index (χ2v) is 13.1. The van der Waals surface area contributed by atoms with Crippen LogP contribution in [0.1, 0.15) is 73.3 Å². The summed E-state index contributed by atoms with van der Waals surface area (Å²) in [5.74, 6) is -3.25. The Bertz CT molecular complexity index is 1370. The summed E-state index contributed by atoms with van der Waals surface area (Å²) in [6, 6.07) is 9.36. The van der Waals surface area contributed by atoms with Crippen LogP contribution in [-0.2, 0) is 38.1 Å². The number of aliphatic hydroxyl groups excluding tert-OH is 1. The molecule has 1 aromatic carbocycles. The third kappa shape index (κ3) is 6.39. The second kappa shape index (κ2) is 12.7. The lowest BCUT2D eigenvalue weighted by Gasteiger charge is -2.59. The molecule has 44 heavy (non-hydrogen) atoms. The minimum Gasteiger partial charge on any atom is -0.462 e. The van der Waals surface area contributed by atoms with Crippen molar-refractivity contribution in [1.82, 2.24) is 0 Å². The van der Waals surface area contributed by atoms with E-state index in [2.05, 4.69) is 6.58 Å². The number of hydrogen-bond donors (Lipinski definition) is 1. The Balaban J connectivity index is 1.83. The molecule has 4 rings (SSSR count). The van der Waals surface area contributed by atoms with Crippen LogP contribution < -0.4 is 0 Å². The van der Waals surface area contributed by atoms with Crippen molar-refractivity contribution in [3.8, 4) is 0 Å². The van der Waals surface area contributed by atoms with Gasteiger partial charge < -0.3 is 24.1 Å². The van der Waals surface area contributed by atoms with Gasteiger partial charge in [0.1, 0.15) is 30.5 Å². The Morgan fingerprint density at radius 3 is 2.11 bits per heavy atom. The second-order valence-electron chi connectivity index (χ2n) is 13.1. The molecule has 0 spiro atoms. The molecule has 9 nitrogen and oxygen atoms in total. The van der Waals surface area contributed by atoms with Gasteiger partial charge in [-0.15, -0.1) is 0 Å². The number of aliphatic hydroxyl groups is 1. The lowest BCUT2D eigenvalue weighted by molar-refractivity contribution is -0.198. The van der Waals surface area contributed by atoms with Crippen molar-refractivity contribution >= 4 is 30.0 Å². The third-order valence-electron chi connectivity index (χ3n) is 9.80. The molecule has 3 aliphatic rings. The van der Waals surface area contributed by atoms with Crippen molar-refractivity contribution in [2.45, 2.75) is 98.2 Å². The molecule has 2 fully saturated rings. The number of rotatable bonds is 6. The maximum atomic E-state index is 13.0. The van der Waals surface area contributed by atoms with Crippen LogP contribution in [0.25, 0.3) is 6.08 Å². The van der Waals surface area contributed by atoms with Crippen LogP contribution in [0.15, 0.2) is 59.7 Å². The van der Waals surface area contributed by atoms with Gasteiger partial charge in [-0.2, -0.15) is 0 Å². The van der Waals surface area contributed by atoms with Crippen molar-refractivity contribution in [2.24, 2.45) is 22.7 Å². The van der Waals surface area contributed by atoms with Crippen LogP contribution in [-0.4, -0.2) is 59.5 Å². The molecule has 2 bridgehead atoms. The summed E-state index contributed by atoms with van der Waals surface area (Å²) in [6.07, 6.45) is -0.465. The average Bonchev–Trinajstić information content (AvgIpc) is 2.92. The van der Waals surface area contributed by atoms with Crippen LogP contribution in [0.3, 0.4) is 0 Å². The van der Waals surface area contributed by atoms with Crippen molar-refractivity contribution in [1.29, 1.82) is 0 Å². The Hall–Kier alpha value is -3.72. The highest BCUT2D eigenvalue weighted by molar-refractivity contribution is 5.87. The van der Waals surface area contributed by atoms with E-state index in [0.29, 0.717) is 36.0 Å². The molecule has 2 saturated carbocycles. The topological polar surface area (TPSA) is 125 Å². The molecule has 0 aliphatic heterocycles. The molecule has 1 aromatic rings. The first-order valence-corrected chi connectivity index (χ1v) is 15.1. The SMILES string of the molecule is C=C1C(OC(=O)/C=C/c2ccccc2)CC[C@@]2(C)C(OC(C)=O)C(O)C3=C(C)C(OC(C)=O)C[C@@H](C(OC(C)=O)[C@H]12)C3(C)C. The number of esters is 4. The average molecular weight is 609 g/mol. The Labute approximate surface area is 259 Å². The highest BCUT2D eigenvalue weighted by Crippen LogP contribution is 2.60. The van der Waals surface area contributed by atoms with E-state index in [1.165, 1.54) is 26.8 Å². The molecule has 0 radical (unpaired) electrons. The monoisotopic (exact) mass is 608 g/mol. The quantitative estimate of drug-likeness (QED) is 0.203. The molecule has 5 unspecified atom stereocenters. The zero-order valence-electron chi connectivity index (χ0n) is 26.6. The largest absolute Gasteiger partial charge is 0.462 e. The van der Waals surface area contributed by atoms with Crippen LogP contribution in [0.5, 0.6) is 0 Å². The van der Waals surface area contributed by atoms with Crippen LogP contribution >= 0.6 is 0 Å². The van der Waals surface area contributed by atoms with Crippen molar-refractivity contribution in [3.05, 3.63) is 65.3 Å². The summed E-state index contributed by atoms with van der Waals surface area (Å²) in [5, 5.41) is 12.1. The summed E-state index contributed by atoms with van der Waals surface area (Å²) in [7, 11) is 0. The number of carbonyl (C=O) groups is 4. The molecule has 8 atom stereocenters. The van der Waals surface area contributed by atoms with Crippen LogP contribution in [0.2, 0.25) is 0 Å². The standard InChI is InChI=1S/C35H44O9/c1-19-26(44-28(39)15-14-24-12-10-9-11-13-24)16-17-35(8)30(19)32(42-22(4)37)25-18-27(41-21(3)36)20(2)29(34(25,6)7)31(40)33(35)43-23(5)38/h9-15,25-27,30-33,40H,1,16-18H2,2-8H3/b15-14+/t25-,26?,27?,30-,31?,32?,33?,35+/m0/s1. The molecule has 3 aliphatic carbocycles. The molecule has 0 amide bonds. The van der Waals surface area contributed by atoms with Gasteiger partial charge in [-0.1, -0.05) is 57.7 Å². The number of carbonyl (C=O) groups excluding carboxylic acids is 4. The minimum atomic E-state index is -1.25. The van der Waals surface area contributed by atoms with E-state index in [1.807, 2.05) is 58.0 Å². The van der Waals surface area contributed by atoms with E-state index < -0.39 is 77.1 Å². The zero-order valence-corrected chi connectivity index (χ0v) is 26.6. The lowest BCUT2D eigenvalue weighted by atomic mass is 9.49. The van der Waals surface area contributed by atoms with Crippen molar-refractivity contribution < 1.29 is 43.2 Å². The minimum absolute atomic E-state index is 0.328. The normalized spacial score (nSPS) is 33.0. The molecule has 1 N–H and O–H groups in total. The van der Waals surface area contributed by atoms with Gasteiger partial charge in [-0.05, 0) is 60.0 Å². The summed E-state index contributed by atoms with van der Waals surface area (Å²) < 4.78 is 23.7. The number of benzene rings is 1. The van der Waals surface area contributed by atoms with Crippen LogP contribution in [0, 0.1) is 22.7 Å². The predicted molar refractivity (Wildman–Crippen MR) is 163 cm³/mol. The van der Waals surface area contributed by atoms with E-state index in [-0.39, 0.29) is 0 Å². The fourth-order valence-electron chi connectivity index (χ4n) is 7.90. The van der Waals surface area contributed by atoms with E-state index in [0.717, 1.165) is 5.56 Å². The van der Waals surface area contributed by atoms with Gasteiger partial charge >= 0.3 is 23.9 Å². The van der Waals surface area contributed by atoms with E-state index in [9.17, 15) is 24.3 Å². The number of hydrogen-bond acceptors (Lipinski definition) is 9. The van der Waals surface area contributed by atoms with E-state index >= 15 is 0 Å². The summed E-state index contributed by atoms with van der Waals surface area (Å²) in [6.45, 7) is 15.9. The highest BCUT2D eigenvalue weighted by atomic mass is 16.6. The van der Waals surface area contributed by atoms with Gasteiger partial charge in [0.05, 0.1) is 0 Å². The van der Waals surface area contributed by atoms with Crippen molar-refractivity contribution in [3.63, 3.8) is 0 Å². The maximum Gasteiger partial charge on any atom is 0.331 e. The first kappa shape index (κ1) is 33.2. The zero-order chi connectivity index (χ0) is 32.6. The summed E-state index contributed by atoms with van der Waals surface area (Å²) in [4.78, 5) is 50.4. The molecular formula is C35H44O9. The third-order valence-corrected chi connectivity index (χ3v) is 9.80. The van der Waals surface area contributed by atoms with Gasteiger partial charge in [0.25, 0.3) is 0 Å².